The van der Waals surface area contributed by atoms with E-state index in [0.29, 0.717) is 17.9 Å². The smallest absolute Gasteiger partial charge is 0.263 e. The molecule has 1 amide bonds. The van der Waals surface area contributed by atoms with Crippen LogP contribution < -0.4 is 15.8 Å². The van der Waals surface area contributed by atoms with Gasteiger partial charge in [0.15, 0.2) is 5.82 Å². The molecule has 0 aliphatic carbocycles. The third-order valence-corrected chi connectivity index (χ3v) is 5.10. The Morgan fingerprint density at radius 1 is 1.10 bits per heavy atom. The van der Waals surface area contributed by atoms with Crippen LogP contribution in [0.4, 0.5) is 14.6 Å². The fourth-order valence-electron chi connectivity index (χ4n) is 3.66. The van der Waals surface area contributed by atoms with Crippen LogP contribution in [0, 0.1) is 0 Å². The van der Waals surface area contributed by atoms with Gasteiger partial charge in [0.05, 0.1) is 17.8 Å². The lowest BCUT2D eigenvalue weighted by Crippen LogP contribution is -2.25. The molecule has 0 saturated carbocycles. The number of hydrogen-bond donors (Lipinski definition) is 2. The number of benzene rings is 2. The first-order valence-corrected chi connectivity index (χ1v) is 9.61. The lowest BCUT2D eigenvalue weighted by molar-refractivity contribution is 0.0957. The summed E-state index contributed by atoms with van der Waals surface area (Å²) in [4.78, 5) is 21.1. The van der Waals surface area contributed by atoms with E-state index in [2.05, 4.69) is 15.3 Å². The molecule has 1 aliphatic heterocycles. The molecule has 7 nitrogen and oxygen atoms in total. The van der Waals surface area contributed by atoms with E-state index >= 15 is 0 Å². The monoisotopic (exact) mass is 421 g/mol. The standard InChI is InChI=1S/C22H17F2N5O2/c23-18(24)12-5-7-14(8-6-12)29-15-4-2-1-3-13(15)11-16(29)20-27-19(25)17-21(30)26-9-10-31-22(17)28-20/h1-8,11,18H,9-10H2,(H,26,30)(H2,25,27,28). The average Bonchev–Trinajstić information content (AvgIpc) is 3.05. The van der Waals surface area contributed by atoms with E-state index in [9.17, 15) is 13.6 Å². The number of carbonyl (C=O) groups is 1. The topological polar surface area (TPSA) is 95.1 Å². The van der Waals surface area contributed by atoms with Gasteiger partial charge in [-0.3, -0.25) is 4.79 Å². The average molecular weight is 421 g/mol. The molecular formula is C22H17F2N5O2. The van der Waals surface area contributed by atoms with Crippen molar-refractivity contribution < 1.29 is 18.3 Å². The molecule has 0 bridgehead atoms. The number of nitrogens with two attached hydrogens (primary N) is 1. The summed E-state index contributed by atoms with van der Waals surface area (Å²) in [7, 11) is 0. The fraction of sp³-hybridized carbons (Fsp3) is 0.136. The second-order valence-corrected chi connectivity index (χ2v) is 7.03. The van der Waals surface area contributed by atoms with Gasteiger partial charge in [0.2, 0.25) is 5.88 Å². The molecule has 5 rings (SSSR count). The van der Waals surface area contributed by atoms with Crippen LogP contribution in [-0.2, 0) is 0 Å². The van der Waals surface area contributed by atoms with Crippen LogP contribution in [0.5, 0.6) is 5.88 Å². The first kappa shape index (κ1) is 19.0. The van der Waals surface area contributed by atoms with Crippen LogP contribution in [0.2, 0.25) is 0 Å². The number of rotatable bonds is 3. The minimum absolute atomic E-state index is 0.00394. The van der Waals surface area contributed by atoms with Crippen molar-refractivity contribution in [2.45, 2.75) is 6.43 Å². The first-order chi connectivity index (χ1) is 15.0. The van der Waals surface area contributed by atoms with Crippen molar-refractivity contribution in [3.63, 3.8) is 0 Å². The van der Waals surface area contributed by atoms with Crippen molar-refractivity contribution in [3.05, 3.63) is 65.7 Å². The zero-order valence-electron chi connectivity index (χ0n) is 16.2. The van der Waals surface area contributed by atoms with Gasteiger partial charge in [-0.05, 0) is 24.3 Å². The number of aromatic nitrogens is 3. The predicted molar refractivity (Wildman–Crippen MR) is 111 cm³/mol. The Kier molecular flexibility index (Phi) is 4.50. The molecule has 0 radical (unpaired) electrons. The molecule has 2 aromatic heterocycles. The lowest BCUT2D eigenvalue weighted by atomic mass is 10.2. The van der Waals surface area contributed by atoms with Gasteiger partial charge in [-0.2, -0.15) is 4.98 Å². The summed E-state index contributed by atoms with van der Waals surface area (Å²) >= 11 is 0. The third-order valence-electron chi connectivity index (χ3n) is 5.10. The highest BCUT2D eigenvalue weighted by atomic mass is 19.3. The number of amides is 1. The molecule has 3 N–H and O–H groups in total. The quantitative estimate of drug-likeness (QED) is 0.526. The maximum Gasteiger partial charge on any atom is 0.263 e. The molecule has 0 unspecified atom stereocenters. The molecule has 9 heteroatoms. The molecule has 0 spiro atoms. The van der Waals surface area contributed by atoms with Crippen LogP contribution in [0.3, 0.4) is 0 Å². The highest BCUT2D eigenvalue weighted by molar-refractivity contribution is 6.01. The van der Waals surface area contributed by atoms with Gasteiger partial charge in [0.1, 0.15) is 18.0 Å². The van der Waals surface area contributed by atoms with E-state index in [1.165, 1.54) is 12.1 Å². The SMILES string of the molecule is Nc1nc(-c2cc3ccccc3n2-c2ccc(C(F)F)cc2)nc2c1C(=O)NCCO2. The highest BCUT2D eigenvalue weighted by Gasteiger charge is 2.25. The molecule has 4 aromatic rings. The van der Waals surface area contributed by atoms with Crippen molar-refractivity contribution in [2.75, 3.05) is 18.9 Å². The molecule has 156 valence electrons. The van der Waals surface area contributed by atoms with Gasteiger partial charge in [0.25, 0.3) is 12.3 Å². The number of hydrogen-bond acceptors (Lipinski definition) is 5. The molecule has 3 heterocycles. The molecular weight excluding hydrogens is 404 g/mol. The number of para-hydroxylation sites is 1. The summed E-state index contributed by atoms with van der Waals surface area (Å²) in [6.45, 7) is 0.591. The zero-order chi connectivity index (χ0) is 21.5. The van der Waals surface area contributed by atoms with Crippen LogP contribution in [0.1, 0.15) is 22.3 Å². The Labute approximate surface area is 175 Å². The van der Waals surface area contributed by atoms with Gasteiger partial charge in [-0.15, -0.1) is 0 Å². The zero-order valence-corrected chi connectivity index (χ0v) is 16.2. The maximum atomic E-state index is 13.0. The van der Waals surface area contributed by atoms with E-state index in [0.717, 1.165) is 10.9 Å². The van der Waals surface area contributed by atoms with Crippen molar-refractivity contribution in [1.82, 2.24) is 19.9 Å². The molecule has 0 atom stereocenters. The van der Waals surface area contributed by atoms with Crippen LogP contribution in [0.25, 0.3) is 28.1 Å². The Morgan fingerprint density at radius 2 is 1.87 bits per heavy atom. The van der Waals surface area contributed by atoms with Crippen LogP contribution in [-0.4, -0.2) is 33.6 Å². The summed E-state index contributed by atoms with van der Waals surface area (Å²) in [5.74, 6) is -0.00798. The van der Waals surface area contributed by atoms with Gasteiger partial charge >= 0.3 is 0 Å². The number of fused-ring (bicyclic) bond motifs is 2. The number of nitrogens with one attached hydrogen (secondary N) is 1. The Morgan fingerprint density at radius 3 is 2.65 bits per heavy atom. The number of nitrogens with zero attached hydrogens (tertiary/aromatic N) is 3. The molecule has 0 saturated heterocycles. The predicted octanol–water partition coefficient (Wildman–Crippen LogP) is 3.73. The Bertz CT molecular complexity index is 1300. The summed E-state index contributed by atoms with van der Waals surface area (Å²) in [5.41, 5.74) is 8.23. The number of carbonyl (C=O) groups excluding carboxylic acids is 1. The summed E-state index contributed by atoms with van der Waals surface area (Å²) in [6.07, 6.45) is -2.55. The minimum Gasteiger partial charge on any atom is -0.475 e. The Hall–Kier alpha value is -4.01. The second-order valence-electron chi connectivity index (χ2n) is 7.03. The van der Waals surface area contributed by atoms with E-state index < -0.39 is 6.43 Å². The number of halogens is 2. The number of anilines is 1. The normalized spacial score (nSPS) is 13.6. The number of alkyl halides is 2. The minimum atomic E-state index is -2.55. The summed E-state index contributed by atoms with van der Waals surface area (Å²) in [5, 5.41) is 3.59. The third kappa shape index (κ3) is 3.24. The van der Waals surface area contributed by atoms with Gasteiger partial charge in [-0.1, -0.05) is 30.3 Å². The first-order valence-electron chi connectivity index (χ1n) is 9.61. The highest BCUT2D eigenvalue weighted by Crippen LogP contribution is 2.33. The van der Waals surface area contributed by atoms with Gasteiger partial charge in [0, 0.05) is 16.6 Å². The number of ether oxygens (including phenoxy) is 1. The maximum absolute atomic E-state index is 13.0. The fourth-order valence-corrected chi connectivity index (χ4v) is 3.66. The van der Waals surface area contributed by atoms with Crippen LogP contribution >= 0.6 is 0 Å². The van der Waals surface area contributed by atoms with Gasteiger partial charge in [-0.25, -0.2) is 13.8 Å². The second kappa shape index (κ2) is 7.35. The largest absolute Gasteiger partial charge is 0.475 e. The van der Waals surface area contributed by atoms with E-state index in [-0.39, 0.29) is 41.2 Å². The van der Waals surface area contributed by atoms with Crippen molar-refractivity contribution in [3.8, 4) is 23.1 Å². The van der Waals surface area contributed by atoms with Crippen molar-refractivity contribution in [1.29, 1.82) is 0 Å². The molecule has 0 fully saturated rings. The van der Waals surface area contributed by atoms with E-state index in [4.69, 9.17) is 10.5 Å². The summed E-state index contributed by atoms with van der Waals surface area (Å²) < 4.78 is 33.5. The van der Waals surface area contributed by atoms with Crippen LogP contribution in [0.15, 0.2) is 54.6 Å². The van der Waals surface area contributed by atoms with Crippen molar-refractivity contribution in [2.24, 2.45) is 0 Å². The van der Waals surface area contributed by atoms with Crippen molar-refractivity contribution >= 4 is 22.6 Å². The molecule has 1 aliphatic rings. The Balaban J connectivity index is 1.73. The van der Waals surface area contributed by atoms with E-state index in [1.807, 2.05) is 34.9 Å². The van der Waals surface area contributed by atoms with E-state index in [1.54, 1.807) is 12.1 Å². The lowest BCUT2D eigenvalue weighted by Gasteiger charge is -2.13. The van der Waals surface area contributed by atoms with Gasteiger partial charge < -0.3 is 20.4 Å². The molecule has 2 aromatic carbocycles. The summed E-state index contributed by atoms with van der Waals surface area (Å²) in [6, 6.07) is 15.5. The molecule has 31 heavy (non-hydrogen) atoms. The number of nitrogen functional groups attached to an aromatic ring is 1.